The minimum atomic E-state index is -1.74. The molecule has 1 aromatic carbocycles. The summed E-state index contributed by atoms with van der Waals surface area (Å²) in [5, 5.41) is 26.3. The summed E-state index contributed by atoms with van der Waals surface area (Å²) in [7, 11) is 0. The predicted octanol–water partition coefficient (Wildman–Crippen LogP) is 4.82. The summed E-state index contributed by atoms with van der Waals surface area (Å²) < 4.78 is 19.0. The molecule has 1 aliphatic heterocycles. The number of para-hydroxylation sites is 1. The van der Waals surface area contributed by atoms with E-state index in [1.165, 1.54) is 0 Å². The monoisotopic (exact) mass is 545 g/mol. The summed E-state index contributed by atoms with van der Waals surface area (Å²) in [6.45, 7) is 12.5. The molecule has 0 radical (unpaired) electrons. The van der Waals surface area contributed by atoms with E-state index in [2.05, 4.69) is 31.8 Å². The fourth-order valence-electron chi connectivity index (χ4n) is 9.05. The Balaban J connectivity index is 1.38. The highest BCUT2D eigenvalue weighted by molar-refractivity contribution is 6.03. The standard InChI is InChI=1S/C33H39NO6/c1-17-15-32-18(2)13-23-25(30(23,3)4)22(26(32)35)14-19-16-38-31(5,6)40-28(19)33(32,37)27(17)39-29(36)21-11-12-34-24-10-8-7-9-20(21)24/h7-12,14-15,18,22-23,25-28,35,37H,13,16H2,1-6H3/t18-,22+,23-,25+,26?,27+,28-,32+,33-/m1/s1. The van der Waals surface area contributed by atoms with Crippen LogP contribution in [0.1, 0.15) is 58.3 Å². The molecule has 1 aromatic heterocycles. The number of esters is 1. The molecule has 7 heteroatoms. The molecule has 1 spiro atoms. The second-order valence-corrected chi connectivity index (χ2v) is 13.8. The van der Waals surface area contributed by atoms with E-state index < -0.39 is 41.1 Å². The molecule has 3 fully saturated rings. The van der Waals surface area contributed by atoms with Gasteiger partial charge in [-0.1, -0.05) is 51.1 Å². The average Bonchev–Trinajstić information content (AvgIpc) is 3.40. The Morgan fingerprint density at radius 3 is 2.67 bits per heavy atom. The molecule has 2 heterocycles. The number of carbonyl (C=O) groups excluding carboxylic acids is 1. The van der Waals surface area contributed by atoms with Crippen LogP contribution in [-0.4, -0.2) is 57.5 Å². The molecule has 7 rings (SSSR count). The lowest BCUT2D eigenvalue weighted by Gasteiger charge is -2.55. The van der Waals surface area contributed by atoms with Gasteiger partial charge in [-0.2, -0.15) is 0 Å². The molecule has 1 unspecified atom stereocenters. The molecule has 1 saturated heterocycles. The number of aliphatic hydroxyl groups is 2. The Kier molecular flexibility index (Phi) is 5.43. The fraction of sp³-hybridized carbons (Fsp3) is 0.576. The van der Waals surface area contributed by atoms with Crippen molar-refractivity contribution in [3.05, 3.63) is 65.4 Å². The van der Waals surface area contributed by atoms with Gasteiger partial charge < -0.3 is 24.4 Å². The second kappa shape index (κ2) is 8.25. The lowest BCUT2D eigenvalue weighted by Crippen LogP contribution is -2.69. The molecule has 5 aliphatic rings. The molecule has 7 nitrogen and oxygen atoms in total. The largest absolute Gasteiger partial charge is 0.451 e. The van der Waals surface area contributed by atoms with Crippen LogP contribution in [0.2, 0.25) is 0 Å². The van der Waals surface area contributed by atoms with Crippen LogP contribution in [0.15, 0.2) is 59.8 Å². The smallest absolute Gasteiger partial charge is 0.339 e. The third-order valence-electron chi connectivity index (χ3n) is 11.0. The number of pyridine rings is 1. The highest BCUT2D eigenvalue weighted by Crippen LogP contribution is 2.73. The second-order valence-electron chi connectivity index (χ2n) is 13.8. The van der Waals surface area contributed by atoms with E-state index in [9.17, 15) is 15.0 Å². The normalized spacial score (nSPS) is 42.4. The van der Waals surface area contributed by atoms with Crippen molar-refractivity contribution in [2.45, 2.75) is 77.7 Å². The fourth-order valence-corrected chi connectivity index (χ4v) is 9.05. The maximum Gasteiger partial charge on any atom is 0.339 e. The Bertz CT molecular complexity index is 1470. The molecule has 40 heavy (non-hydrogen) atoms. The highest BCUT2D eigenvalue weighted by Gasteiger charge is 2.77. The molecule has 0 amide bonds. The van der Waals surface area contributed by atoms with E-state index in [-0.39, 0.29) is 29.8 Å². The van der Waals surface area contributed by atoms with Crippen molar-refractivity contribution in [2.24, 2.45) is 34.5 Å². The first-order valence-electron chi connectivity index (χ1n) is 14.5. The third-order valence-corrected chi connectivity index (χ3v) is 11.0. The Morgan fingerprint density at radius 2 is 1.90 bits per heavy atom. The number of aliphatic hydroxyl groups excluding tert-OH is 1. The molecule has 2 aromatic rings. The molecular formula is C33H39NO6. The molecule has 2 bridgehead atoms. The summed E-state index contributed by atoms with van der Waals surface area (Å²) in [5.74, 6) is -1.05. The first-order chi connectivity index (χ1) is 18.8. The van der Waals surface area contributed by atoms with Gasteiger partial charge in [0.25, 0.3) is 0 Å². The zero-order valence-corrected chi connectivity index (χ0v) is 24.0. The lowest BCUT2D eigenvalue weighted by molar-refractivity contribution is -0.312. The van der Waals surface area contributed by atoms with Crippen molar-refractivity contribution >= 4 is 16.9 Å². The lowest BCUT2D eigenvalue weighted by atomic mass is 9.58. The molecule has 4 aliphatic carbocycles. The van der Waals surface area contributed by atoms with Crippen molar-refractivity contribution in [3.63, 3.8) is 0 Å². The van der Waals surface area contributed by atoms with Crippen LogP contribution in [0.4, 0.5) is 0 Å². The molecule has 2 N–H and O–H groups in total. The first-order valence-corrected chi connectivity index (χ1v) is 14.5. The molecule has 2 saturated carbocycles. The van der Waals surface area contributed by atoms with Crippen LogP contribution in [0.3, 0.4) is 0 Å². The van der Waals surface area contributed by atoms with Crippen molar-refractivity contribution in [1.82, 2.24) is 4.98 Å². The van der Waals surface area contributed by atoms with Crippen molar-refractivity contribution in [2.75, 3.05) is 6.61 Å². The van der Waals surface area contributed by atoms with Crippen LogP contribution in [0, 0.1) is 34.5 Å². The van der Waals surface area contributed by atoms with Crippen LogP contribution >= 0.6 is 0 Å². The van der Waals surface area contributed by atoms with Crippen LogP contribution in [-0.2, 0) is 14.2 Å². The van der Waals surface area contributed by atoms with Gasteiger partial charge in [-0.15, -0.1) is 0 Å². The number of hydrogen-bond acceptors (Lipinski definition) is 7. The summed E-state index contributed by atoms with van der Waals surface area (Å²) in [5.41, 5.74) is -0.111. The molecule has 9 atom stereocenters. The number of carbonyl (C=O) groups is 1. The van der Waals surface area contributed by atoms with Crippen molar-refractivity contribution < 1.29 is 29.2 Å². The number of benzene rings is 1. The van der Waals surface area contributed by atoms with Gasteiger partial charge in [0.2, 0.25) is 0 Å². The summed E-state index contributed by atoms with van der Waals surface area (Å²) >= 11 is 0. The van der Waals surface area contributed by atoms with E-state index in [0.29, 0.717) is 22.4 Å². The Labute approximate surface area is 235 Å². The maximum absolute atomic E-state index is 13.9. The minimum absolute atomic E-state index is 0.0884. The number of aromatic nitrogens is 1. The molecular weight excluding hydrogens is 506 g/mol. The number of rotatable bonds is 2. The van der Waals surface area contributed by atoms with Gasteiger partial charge in [-0.3, -0.25) is 4.98 Å². The summed E-state index contributed by atoms with van der Waals surface area (Å²) in [4.78, 5) is 18.2. The average molecular weight is 546 g/mol. The van der Waals surface area contributed by atoms with E-state index in [0.717, 1.165) is 17.6 Å². The number of nitrogens with zero attached hydrogens (tertiary/aromatic N) is 1. The minimum Gasteiger partial charge on any atom is -0.451 e. The van der Waals surface area contributed by atoms with Gasteiger partial charge in [0.1, 0.15) is 11.7 Å². The van der Waals surface area contributed by atoms with Gasteiger partial charge in [-0.25, -0.2) is 4.79 Å². The zero-order chi connectivity index (χ0) is 28.4. The van der Waals surface area contributed by atoms with Gasteiger partial charge >= 0.3 is 5.97 Å². The first kappa shape index (κ1) is 26.3. The van der Waals surface area contributed by atoms with Crippen LogP contribution in [0.25, 0.3) is 10.9 Å². The quantitative estimate of drug-likeness (QED) is 0.413. The summed E-state index contributed by atoms with van der Waals surface area (Å²) in [6, 6.07) is 9.09. The van der Waals surface area contributed by atoms with Crippen molar-refractivity contribution in [1.29, 1.82) is 0 Å². The highest BCUT2D eigenvalue weighted by atomic mass is 16.7. The number of ether oxygens (including phenoxy) is 3. The van der Waals surface area contributed by atoms with E-state index in [1.54, 1.807) is 12.3 Å². The van der Waals surface area contributed by atoms with Gasteiger partial charge in [-0.05, 0) is 73.6 Å². The van der Waals surface area contributed by atoms with Crippen molar-refractivity contribution in [3.8, 4) is 0 Å². The Hall–Kier alpha value is -2.58. The van der Waals surface area contributed by atoms with Gasteiger partial charge in [0.15, 0.2) is 11.9 Å². The zero-order valence-electron chi connectivity index (χ0n) is 24.0. The Morgan fingerprint density at radius 1 is 1.15 bits per heavy atom. The molecule has 212 valence electrons. The predicted molar refractivity (Wildman–Crippen MR) is 149 cm³/mol. The van der Waals surface area contributed by atoms with E-state index >= 15 is 0 Å². The van der Waals surface area contributed by atoms with Crippen LogP contribution < -0.4 is 0 Å². The topological polar surface area (TPSA) is 98.1 Å². The summed E-state index contributed by atoms with van der Waals surface area (Å²) in [6.07, 6.45) is 3.87. The number of fused-ring (bicyclic) bond motifs is 6. The third kappa shape index (κ3) is 3.26. The van der Waals surface area contributed by atoms with E-state index in [4.69, 9.17) is 14.2 Å². The van der Waals surface area contributed by atoms with Gasteiger partial charge in [0, 0.05) is 17.5 Å². The maximum atomic E-state index is 13.9. The SMILES string of the molecule is CC1=C[C@]23C(O)[C@@H](C=C4COC(C)(C)O[C@H]4[C@]2(O)[C@H]1OC(=O)c1ccnc2ccccc12)[C@H]1[C@@H](C[C@H]3C)C1(C)C. The number of hydrogen-bond donors (Lipinski definition) is 2. The van der Waals surface area contributed by atoms with Crippen LogP contribution in [0.5, 0.6) is 0 Å². The van der Waals surface area contributed by atoms with Gasteiger partial charge in [0.05, 0.1) is 29.2 Å². The van der Waals surface area contributed by atoms with E-state index in [1.807, 2.05) is 51.1 Å².